The summed E-state index contributed by atoms with van der Waals surface area (Å²) in [5.74, 6) is -0.472. The van der Waals surface area contributed by atoms with E-state index in [1.807, 2.05) is 37.3 Å². The molecule has 0 aliphatic heterocycles. The Hall–Kier alpha value is -2.83. The van der Waals surface area contributed by atoms with Gasteiger partial charge in [-0.1, -0.05) is 60.1 Å². The molecule has 0 aromatic heterocycles. The SMILES string of the molecule is CC(NC(=O)c1ccccc1NC(=O)CSCc1ccc(Cl)cc1F)c1ccccc1. The van der Waals surface area contributed by atoms with Crippen LogP contribution in [0, 0.1) is 5.82 Å². The van der Waals surface area contributed by atoms with E-state index < -0.39 is 5.82 Å². The van der Waals surface area contributed by atoms with Crippen LogP contribution < -0.4 is 10.6 Å². The molecule has 31 heavy (non-hydrogen) atoms. The van der Waals surface area contributed by atoms with Crippen molar-refractivity contribution in [2.75, 3.05) is 11.1 Å². The van der Waals surface area contributed by atoms with Crippen LogP contribution in [0.1, 0.15) is 34.5 Å². The van der Waals surface area contributed by atoms with Crippen molar-refractivity contribution >= 4 is 40.9 Å². The first-order valence-electron chi connectivity index (χ1n) is 9.70. The molecule has 0 heterocycles. The number of thioether (sulfide) groups is 1. The summed E-state index contributed by atoms with van der Waals surface area (Å²) in [5.41, 5.74) is 2.29. The van der Waals surface area contributed by atoms with Crippen LogP contribution in [0.25, 0.3) is 0 Å². The molecule has 0 spiro atoms. The molecule has 0 aliphatic rings. The van der Waals surface area contributed by atoms with Gasteiger partial charge in [0.1, 0.15) is 5.82 Å². The second kappa shape index (κ2) is 11.0. The number of carbonyl (C=O) groups is 2. The summed E-state index contributed by atoms with van der Waals surface area (Å²) in [7, 11) is 0. The fraction of sp³-hybridized carbons (Fsp3) is 0.167. The standard InChI is InChI=1S/C24H22ClFN2O2S/c1-16(17-7-3-2-4-8-17)27-24(30)20-9-5-6-10-22(20)28-23(29)15-31-14-18-11-12-19(25)13-21(18)26/h2-13,16H,14-15H2,1H3,(H,27,30)(H,28,29). The van der Waals surface area contributed by atoms with E-state index in [1.165, 1.54) is 17.8 Å². The third-order valence-electron chi connectivity index (χ3n) is 4.60. The third-order valence-corrected chi connectivity index (χ3v) is 5.82. The van der Waals surface area contributed by atoms with E-state index in [0.717, 1.165) is 5.56 Å². The molecule has 0 saturated heterocycles. The molecule has 0 saturated carbocycles. The summed E-state index contributed by atoms with van der Waals surface area (Å²) in [6.07, 6.45) is 0. The second-order valence-corrected chi connectivity index (χ2v) is 8.35. The number of para-hydroxylation sites is 1. The Morgan fingerprint density at radius 3 is 2.48 bits per heavy atom. The van der Waals surface area contributed by atoms with Gasteiger partial charge in [-0.15, -0.1) is 11.8 Å². The molecule has 3 aromatic rings. The smallest absolute Gasteiger partial charge is 0.253 e. The molecule has 0 fully saturated rings. The van der Waals surface area contributed by atoms with Gasteiger partial charge in [0.05, 0.1) is 23.0 Å². The van der Waals surface area contributed by atoms with Gasteiger partial charge < -0.3 is 10.6 Å². The van der Waals surface area contributed by atoms with Crippen molar-refractivity contribution in [2.24, 2.45) is 0 Å². The Morgan fingerprint density at radius 1 is 1.03 bits per heavy atom. The lowest BCUT2D eigenvalue weighted by atomic mass is 10.1. The number of anilines is 1. The van der Waals surface area contributed by atoms with Crippen molar-refractivity contribution in [2.45, 2.75) is 18.7 Å². The highest BCUT2D eigenvalue weighted by Gasteiger charge is 2.16. The number of hydrogen-bond donors (Lipinski definition) is 2. The maximum atomic E-state index is 13.8. The largest absolute Gasteiger partial charge is 0.345 e. The van der Waals surface area contributed by atoms with E-state index in [4.69, 9.17) is 11.6 Å². The van der Waals surface area contributed by atoms with Gasteiger partial charge in [-0.3, -0.25) is 9.59 Å². The van der Waals surface area contributed by atoms with Gasteiger partial charge in [0, 0.05) is 10.8 Å². The van der Waals surface area contributed by atoms with Crippen LogP contribution in [-0.4, -0.2) is 17.6 Å². The highest BCUT2D eigenvalue weighted by atomic mass is 35.5. The summed E-state index contributed by atoms with van der Waals surface area (Å²) in [5, 5.41) is 6.07. The minimum absolute atomic E-state index is 0.123. The predicted molar refractivity (Wildman–Crippen MR) is 125 cm³/mol. The van der Waals surface area contributed by atoms with E-state index in [0.29, 0.717) is 27.6 Å². The summed E-state index contributed by atoms with van der Waals surface area (Å²) in [4.78, 5) is 25.2. The molecule has 7 heteroatoms. The van der Waals surface area contributed by atoms with Crippen LogP contribution in [0.3, 0.4) is 0 Å². The third kappa shape index (κ3) is 6.57. The first kappa shape index (κ1) is 22.8. The van der Waals surface area contributed by atoms with Crippen molar-refractivity contribution < 1.29 is 14.0 Å². The van der Waals surface area contributed by atoms with Crippen LogP contribution in [0.4, 0.5) is 10.1 Å². The zero-order valence-corrected chi connectivity index (χ0v) is 18.5. The molecular weight excluding hydrogens is 435 g/mol. The van der Waals surface area contributed by atoms with Crippen LogP contribution in [0.15, 0.2) is 72.8 Å². The average Bonchev–Trinajstić information content (AvgIpc) is 2.76. The van der Waals surface area contributed by atoms with E-state index in [9.17, 15) is 14.0 Å². The Bertz CT molecular complexity index is 1060. The first-order valence-corrected chi connectivity index (χ1v) is 11.2. The average molecular weight is 457 g/mol. The Balaban J connectivity index is 1.58. The topological polar surface area (TPSA) is 58.2 Å². The van der Waals surface area contributed by atoms with E-state index in [2.05, 4.69) is 10.6 Å². The van der Waals surface area contributed by atoms with E-state index >= 15 is 0 Å². The summed E-state index contributed by atoms with van der Waals surface area (Å²) < 4.78 is 13.8. The van der Waals surface area contributed by atoms with Crippen LogP contribution in [0.5, 0.6) is 0 Å². The minimum atomic E-state index is -0.394. The fourth-order valence-corrected chi connectivity index (χ4v) is 3.94. The van der Waals surface area contributed by atoms with Gasteiger partial charge >= 0.3 is 0 Å². The number of amides is 2. The van der Waals surface area contributed by atoms with Gasteiger partial charge in [-0.25, -0.2) is 4.39 Å². The van der Waals surface area contributed by atoms with Crippen molar-refractivity contribution in [1.29, 1.82) is 0 Å². The first-order chi connectivity index (χ1) is 14.9. The molecule has 3 rings (SSSR count). The number of carbonyl (C=O) groups excluding carboxylic acids is 2. The number of nitrogens with one attached hydrogen (secondary N) is 2. The van der Waals surface area contributed by atoms with E-state index in [-0.39, 0.29) is 23.6 Å². The molecule has 160 valence electrons. The summed E-state index contributed by atoms with van der Waals surface area (Å²) in [6, 6.07) is 20.8. The molecule has 0 aliphatic carbocycles. The van der Waals surface area contributed by atoms with Crippen molar-refractivity contribution in [3.05, 3.63) is 100 Å². The maximum Gasteiger partial charge on any atom is 0.253 e. The molecule has 1 atom stereocenters. The zero-order chi connectivity index (χ0) is 22.2. The van der Waals surface area contributed by atoms with Gasteiger partial charge in [-0.05, 0) is 42.3 Å². The normalized spacial score (nSPS) is 11.6. The molecule has 1 unspecified atom stereocenters. The molecular formula is C24H22ClFN2O2S. The number of halogens is 2. The number of hydrogen-bond acceptors (Lipinski definition) is 3. The molecule has 0 radical (unpaired) electrons. The Kier molecular flexibility index (Phi) is 8.09. The predicted octanol–water partition coefficient (Wildman–Crippen LogP) is 5.84. The van der Waals surface area contributed by atoms with Crippen LogP contribution in [0.2, 0.25) is 5.02 Å². The van der Waals surface area contributed by atoms with Crippen LogP contribution in [-0.2, 0) is 10.5 Å². The summed E-state index contributed by atoms with van der Waals surface area (Å²) >= 11 is 7.03. The van der Waals surface area contributed by atoms with Gasteiger partial charge in [-0.2, -0.15) is 0 Å². The fourth-order valence-electron chi connectivity index (χ4n) is 2.97. The number of rotatable bonds is 8. The lowest BCUT2D eigenvalue weighted by molar-refractivity contribution is -0.113. The quantitative estimate of drug-likeness (QED) is 0.447. The second-order valence-electron chi connectivity index (χ2n) is 6.93. The maximum absolute atomic E-state index is 13.8. The monoisotopic (exact) mass is 456 g/mol. The Morgan fingerprint density at radius 2 is 1.74 bits per heavy atom. The lowest BCUT2D eigenvalue weighted by Gasteiger charge is -2.16. The minimum Gasteiger partial charge on any atom is -0.345 e. The number of benzene rings is 3. The molecule has 2 N–H and O–H groups in total. The summed E-state index contributed by atoms with van der Waals surface area (Å²) in [6.45, 7) is 1.90. The molecule has 3 aromatic carbocycles. The molecule has 2 amide bonds. The van der Waals surface area contributed by atoms with Crippen molar-refractivity contribution in [1.82, 2.24) is 5.32 Å². The van der Waals surface area contributed by atoms with Gasteiger partial charge in [0.25, 0.3) is 5.91 Å². The molecule has 4 nitrogen and oxygen atoms in total. The zero-order valence-electron chi connectivity index (χ0n) is 16.9. The highest BCUT2D eigenvalue weighted by molar-refractivity contribution is 7.99. The van der Waals surface area contributed by atoms with Gasteiger partial charge in [0.2, 0.25) is 5.91 Å². The van der Waals surface area contributed by atoms with Gasteiger partial charge in [0.15, 0.2) is 0 Å². The molecule has 0 bridgehead atoms. The van der Waals surface area contributed by atoms with Crippen molar-refractivity contribution in [3.8, 4) is 0 Å². The lowest BCUT2D eigenvalue weighted by Crippen LogP contribution is -2.28. The van der Waals surface area contributed by atoms with E-state index in [1.54, 1.807) is 36.4 Å². The highest BCUT2D eigenvalue weighted by Crippen LogP contribution is 2.21. The van der Waals surface area contributed by atoms with Crippen molar-refractivity contribution in [3.63, 3.8) is 0 Å². The van der Waals surface area contributed by atoms with Crippen LogP contribution >= 0.6 is 23.4 Å². The Labute approximate surface area is 190 Å².